The van der Waals surface area contributed by atoms with Gasteiger partial charge in [-0.2, -0.15) is 0 Å². The van der Waals surface area contributed by atoms with Crippen LogP contribution in [0.3, 0.4) is 0 Å². The lowest BCUT2D eigenvalue weighted by atomic mass is 10.1. The molecule has 1 N–H and O–H groups in total. The van der Waals surface area contributed by atoms with Crippen LogP contribution in [-0.4, -0.2) is 24.2 Å². The number of nitrogens with zero attached hydrogens (tertiary/aromatic N) is 1. The number of fused-ring (bicyclic) bond motifs is 1. The Balaban J connectivity index is 1.56. The fourth-order valence-electron chi connectivity index (χ4n) is 2.56. The minimum atomic E-state index is 0.432. The molecule has 3 nitrogen and oxygen atoms in total. The Bertz CT molecular complexity index is 535. The molecule has 0 bridgehead atoms. The van der Waals surface area contributed by atoms with Crippen LogP contribution in [-0.2, 0) is 4.74 Å². The zero-order chi connectivity index (χ0) is 12.9. The minimum Gasteiger partial charge on any atom is -0.378 e. The van der Waals surface area contributed by atoms with Gasteiger partial charge in [-0.15, -0.1) is 0 Å². The molecule has 0 spiro atoms. The first-order chi connectivity index (χ1) is 9.42. The molecule has 1 aromatic heterocycles. The Hall–Kier alpha value is -1.61. The number of anilines is 1. The first kappa shape index (κ1) is 12.4. The van der Waals surface area contributed by atoms with E-state index in [-0.39, 0.29) is 0 Å². The third kappa shape index (κ3) is 3.24. The number of hydrogen-bond acceptors (Lipinski definition) is 3. The summed E-state index contributed by atoms with van der Waals surface area (Å²) in [6, 6.07) is 12.4. The first-order valence-electron chi connectivity index (χ1n) is 7.13. The van der Waals surface area contributed by atoms with E-state index in [2.05, 4.69) is 22.4 Å². The molecule has 2 heterocycles. The lowest BCUT2D eigenvalue weighted by Gasteiger charge is -2.22. The summed E-state index contributed by atoms with van der Waals surface area (Å²) in [6.07, 6.45) is 5.22. The van der Waals surface area contributed by atoms with Gasteiger partial charge in [0.05, 0.1) is 11.6 Å². The van der Waals surface area contributed by atoms with Gasteiger partial charge < -0.3 is 10.1 Å². The summed E-state index contributed by atoms with van der Waals surface area (Å²) in [7, 11) is 0. The van der Waals surface area contributed by atoms with Crippen LogP contribution in [0.15, 0.2) is 36.4 Å². The highest BCUT2D eigenvalue weighted by Gasteiger charge is 2.12. The summed E-state index contributed by atoms with van der Waals surface area (Å²) >= 11 is 0. The third-order valence-corrected chi connectivity index (χ3v) is 3.64. The zero-order valence-corrected chi connectivity index (χ0v) is 11.1. The van der Waals surface area contributed by atoms with Gasteiger partial charge in [0, 0.05) is 18.5 Å². The number of hydrogen-bond donors (Lipinski definition) is 1. The molecule has 0 aliphatic carbocycles. The van der Waals surface area contributed by atoms with Gasteiger partial charge in [-0.1, -0.05) is 18.2 Å². The number of rotatable bonds is 4. The largest absolute Gasteiger partial charge is 0.378 e. The molecule has 1 saturated heterocycles. The van der Waals surface area contributed by atoms with Crippen LogP contribution in [0.1, 0.15) is 25.7 Å². The van der Waals surface area contributed by atoms with Crippen LogP contribution in [0.5, 0.6) is 0 Å². The van der Waals surface area contributed by atoms with E-state index in [1.165, 1.54) is 24.6 Å². The second-order valence-electron chi connectivity index (χ2n) is 5.09. The second kappa shape index (κ2) is 6.02. The van der Waals surface area contributed by atoms with Gasteiger partial charge in [0.1, 0.15) is 5.82 Å². The quantitative estimate of drug-likeness (QED) is 0.907. The van der Waals surface area contributed by atoms with E-state index in [4.69, 9.17) is 4.74 Å². The highest BCUT2D eigenvalue weighted by molar-refractivity contribution is 5.79. The maximum Gasteiger partial charge on any atom is 0.126 e. The molecule has 0 amide bonds. The molecule has 2 aromatic rings. The average molecular weight is 256 g/mol. The number of ether oxygens (including phenoxy) is 1. The molecule has 1 aliphatic heterocycles. The summed E-state index contributed by atoms with van der Waals surface area (Å²) < 4.78 is 5.73. The van der Waals surface area contributed by atoms with Gasteiger partial charge in [0.25, 0.3) is 0 Å². The van der Waals surface area contributed by atoms with Gasteiger partial charge in [-0.25, -0.2) is 4.98 Å². The number of para-hydroxylation sites is 1. The molecular formula is C16H20N2O. The van der Waals surface area contributed by atoms with Crippen LogP contribution >= 0.6 is 0 Å². The van der Waals surface area contributed by atoms with Crippen molar-refractivity contribution >= 4 is 16.7 Å². The average Bonchev–Trinajstić information content (AvgIpc) is 2.48. The minimum absolute atomic E-state index is 0.432. The van der Waals surface area contributed by atoms with E-state index in [0.29, 0.717) is 6.10 Å². The van der Waals surface area contributed by atoms with Gasteiger partial charge in [0.2, 0.25) is 0 Å². The van der Waals surface area contributed by atoms with E-state index in [1.54, 1.807) is 0 Å². The third-order valence-electron chi connectivity index (χ3n) is 3.64. The number of benzene rings is 1. The summed E-state index contributed by atoms with van der Waals surface area (Å²) in [5.74, 6) is 0.953. The SMILES string of the molecule is c1ccc2nc(NCCC3CCCCO3)ccc2c1. The topological polar surface area (TPSA) is 34.2 Å². The van der Waals surface area contributed by atoms with Crippen molar-refractivity contribution in [2.45, 2.75) is 31.8 Å². The van der Waals surface area contributed by atoms with Gasteiger partial charge >= 0.3 is 0 Å². The van der Waals surface area contributed by atoms with Crippen molar-refractivity contribution in [3.63, 3.8) is 0 Å². The fraction of sp³-hybridized carbons (Fsp3) is 0.438. The Morgan fingerprint density at radius 2 is 2.11 bits per heavy atom. The molecule has 3 rings (SSSR count). The van der Waals surface area contributed by atoms with E-state index in [0.717, 1.165) is 30.9 Å². The fourth-order valence-corrected chi connectivity index (χ4v) is 2.56. The van der Waals surface area contributed by atoms with Gasteiger partial charge in [-0.05, 0) is 43.9 Å². The van der Waals surface area contributed by atoms with Crippen molar-refractivity contribution in [3.05, 3.63) is 36.4 Å². The summed E-state index contributed by atoms with van der Waals surface area (Å²) in [4.78, 5) is 4.61. The standard InChI is InChI=1S/C16H20N2O/c1-2-7-15-13(5-1)8-9-16(18-15)17-11-10-14-6-3-4-12-19-14/h1-2,5,7-9,14H,3-4,6,10-12H2,(H,17,18). The van der Waals surface area contributed by atoms with Crippen molar-refractivity contribution in [1.29, 1.82) is 0 Å². The normalized spacial score (nSPS) is 19.5. The van der Waals surface area contributed by atoms with Gasteiger partial charge in [0.15, 0.2) is 0 Å². The molecule has 1 aromatic carbocycles. The van der Waals surface area contributed by atoms with Crippen molar-refractivity contribution in [1.82, 2.24) is 4.98 Å². The molecule has 1 atom stereocenters. The second-order valence-corrected chi connectivity index (χ2v) is 5.09. The van der Waals surface area contributed by atoms with Crippen LogP contribution in [0, 0.1) is 0 Å². The van der Waals surface area contributed by atoms with E-state index in [9.17, 15) is 0 Å². The van der Waals surface area contributed by atoms with Crippen LogP contribution in [0.25, 0.3) is 10.9 Å². The van der Waals surface area contributed by atoms with Crippen molar-refractivity contribution < 1.29 is 4.74 Å². The van der Waals surface area contributed by atoms with Crippen molar-refractivity contribution in [2.24, 2.45) is 0 Å². The predicted octanol–water partition coefficient (Wildman–Crippen LogP) is 3.61. The molecule has 100 valence electrons. The highest BCUT2D eigenvalue weighted by atomic mass is 16.5. The Morgan fingerprint density at radius 3 is 3.00 bits per heavy atom. The van der Waals surface area contributed by atoms with Crippen LogP contribution in [0.2, 0.25) is 0 Å². The van der Waals surface area contributed by atoms with Crippen LogP contribution in [0.4, 0.5) is 5.82 Å². The maximum absolute atomic E-state index is 5.73. The van der Waals surface area contributed by atoms with E-state index >= 15 is 0 Å². The van der Waals surface area contributed by atoms with E-state index < -0.39 is 0 Å². The molecule has 19 heavy (non-hydrogen) atoms. The van der Waals surface area contributed by atoms with E-state index in [1.807, 2.05) is 24.3 Å². The smallest absolute Gasteiger partial charge is 0.126 e. The predicted molar refractivity (Wildman–Crippen MR) is 78.4 cm³/mol. The monoisotopic (exact) mass is 256 g/mol. The molecule has 0 saturated carbocycles. The van der Waals surface area contributed by atoms with Crippen molar-refractivity contribution in [3.8, 4) is 0 Å². The Morgan fingerprint density at radius 1 is 1.16 bits per heavy atom. The maximum atomic E-state index is 5.73. The number of aromatic nitrogens is 1. The molecule has 1 unspecified atom stereocenters. The zero-order valence-electron chi connectivity index (χ0n) is 11.1. The lowest BCUT2D eigenvalue weighted by molar-refractivity contribution is 0.0134. The summed E-state index contributed by atoms with van der Waals surface area (Å²) in [6.45, 7) is 1.86. The lowest BCUT2D eigenvalue weighted by Crippen LogP contribution is -2.22. The van der Waals surface area contributed by atoms with Crippen LogP contribution < -0.4 is 5.32 Å². The Kier molecular flexibility index (Phi) is 3.94. The first-order valence-corrected chi connectivity index (χ1v) is 7.13. The van der Waals surface area contributed by atoms with Gasteiger partial charge in [-0.3, -0.25) is 0 Å². The molecule has 3 heteroatoms. The molecule has 1 fully saturated rings. The summed E-state index contributed by atoms with van der Waals surface area (Å²) in [5.41, 5.74) is 1.04. The molecular weight excluding hydrogens is 236 g/mol. The number of nitrogens with one attached hydrogen (secondary N) is 1. The highest BCUT2D eigenvalue weighted by Crippen LogP contribution is 2.17. The number of pyridine rings is 1. The molecule has 1 aliphatic rings. The summed E-state index contributed by atoms with van der Waals surface area (Å²) in [5, 5.41) is 4.58. The van der Waals surface area contributed by atoms with Crippen molar-refractivity contribution in [2.75, 3.05) is 18.5 Å². The molecule has 0 radical (unpaired) electrons. The Labute approximate surface area is 114 Å².